The largest absolute Gasteiger partial charge is 0.350 e. The number of carbonyl (C=O) groups is 1. The molecule has 1 heterocycles. The van der Waals surface area contributed by atoms with Crippen molar-refractivity contribution in [2.24, 2.45) is 0 Å². The van der Waals surface area contributed by atoms with Gasteiger partial charge in [0.2, 0.25) is 5.91 Å². The molecule has 3 nitrogen and oxygen atoms in total. The molecule has 1 aromatic heterocycles. The standard InChI is InChI=1S/C27H27FN2O/c1-3-30-18-25(23-11-7-8-12-26(23)30)24(21-13-15-22(28)16-14-21)17-27(31)29-19(2)20-9-5-4-6-10-20/h4-16,18-19,24H,3,17H2,1-2H3,(H,29,31)/t19-,24+/m0/s1. The van der Waals surface area contributed by atoms with Crippen molar-refractivity contribution in [1.29, 1.82) is 0 Å². The third-order valence-corrected chi connectivity index (χ3v) is 5.87. The number of fused-ring (bicyclic) bond motifs is 1. The van der Waals surface area contributed by atoms with E-state index in [9.17, 15) is 9.18 Å². The lowest BCUT2D eigenvalue weighted by atomic mass is 9.88. The molecule has 0 aliphatic carbocycles. The average molecular weight is 415 g/mol. The summed E-state index contributed by atoms with van der Waals surface area (Å²) >= 11 is 0. The Morgan fingerprint density at radius 2 is 1.61 bits per heavy atom. The van der Waals surface area contributed by atoms with E-state index >= 15 is 0 Å². The summed E-state index contributed by atoms with van der Waals surface area (Å²) in [6.45, 7) is 4.94. The Hall–Kier alpha value is -3.40. The highest BCUT2D eigenvalue weighted by Gasteiger charge is 2.23. The van der Waals surface area contributed by atoms with E-state index < -0.39 is 0 Å². The smallest absolute Gasteiger partial charge is 0.221 e. The summed E-state index contributed by atoms with van der Waals surface area (Å²) in [6, 6.07) is 24.6. The molecule has 2 atom stereocenters. The maximum Gasteiger partial charge on any atom is 0.221 e. The van der Waals surface area contributed by atoms with Crippen LogP contribution in [0, 0.1) is 5.82 Å². The molecule has 0 fully saturated rings. The van der Waals surface area contributed by atoms with Gasteiger partial charge in [-0.25, -0.2) is 4.39 Å². The fourth-order valence-corrected chi connectivity index (χ4v) is 4.23. The van der Waals surface area contributed by atoms with Crippen molar-refractivity contribution in [3.8, 4) is 0 Å². The molecule has 0 saturated carbocycles. The second-order valence-corrected chi connectivity index (χ2v) is 7.90. The van der Waals surface area contributed by atoms with Crippen LogP contribution in [-0.2, 0) is 11.3 Å². The van der Waals surface area contributed by atoms with Gasteiger partial charge in [-0.05, 0) is 48.7 Å². The molecule has 0 unspecified atom stereocenters. The quantitative estimate of drug-likeness (QED) is 0.384. The van der Waals surface area contributed by atoms with Gasteiger partial charge in [0.1, 0.15) is 5.82 Å². The number of aryl methyl sites for hydroxylation is 1. The third-order valence-electron chi connectivity index (χ3n) is 5.87. The van der Waals surface area contributed by atoms with Gasteiger partial charge in [-0.15, -0.1) is 0 Å². The Balaban J connectivity index is 1.68. The SMILES string of the molecule is CCn1cc([C@H](CC(=O)N[C@@H](C)c2ccccc2)c2ccc(F)cc2)c2ccccc21. The van der Waals surface area contributed by atoms with E-state index in [-0.39, 0.29) is 23.7 Å². The number of amides is 1. The van der Waals surface area contributed by atoms with E-state index in [4.69, 9.17) is 0 Å². The van der Waals surface area contributed by atoms with Crippen LogP contribution in [0.5, 0.6) is 0 Å². The highest BCUT2D eigenvalue weighted by Crippen LogP contribution is 2.35. The number of nitrogens with one attached hydrogen (secondary N) is 1. The van der Waals surface area contributed by atoms with Crippen molar-refractivity contribution < 1.29 is 9.18 Å². The van der Waals surface area contributed by atoms with Crippen LogP contribution in [-0.4, -0.2) is 10.5 Å². The molecule has 4 heteroatoms. The van der Waals surface area contributed by atoms with Crippen molar-refractivity contribution in [1.82, 2.24) is 9.88 Å². The molecule has 0 aliphatic heterocycles. The zero-order valence-electron chi connectivity index (χ0n) is 17.9. The van der Waals surface area contributed by atoms with Crippen LogP contribution in [0.25, 0.3) is 10.9 Å². The minimum Gasteiger partial charge on any atom is -0.350 e. The first-order valence-corrected chi connectivity index (χ1v) is 10.7. The van der Waals surface area contributed by atoms with E-state index in [1.54, 1.807) is 12.1 Å². The summed E-state index contributed by atoms with van der Waals surface area (Å²) in [5.74, 6) is -0.471. The summed E-state index contributed by atoms with van der Waals surface area (Å²) in [7, 11) is 0. The van der Waals surface area contributed by atoms with Crippen LogP contribution in [0.2, 0.25) is 0 Å². The van der Waals surface area contributed by atoms with Crippen molar-refractivity contribution in [3.63, 3.8) is 0 Å². The van der Waals surface area contributed by atoms with Crippen LogP contribution in [0.4, 0.5) is 4.39 Å². The number of hydrogen-bond acceptors (Lipinski definition) is 1. The average Bonchev–Trinajstić information content (AvgIpc) is 3.17. The lowest BCUT2D eigenvalue weighted by molar-refractivity contribution is -0.121. The van der Waals surface area contributed by atoms with Crippen molar-refractivity contribution in [3.05, 3.63) is 108 Å². The summed E-state index contributed by atoms with van der Waals surface area (Å²) in [5.41, 5.74) is 4.23. The Morgan fingerprint density at radius 3 is 2.32 bits per heavy atom. The van der Waals surface area contributed by atoms with Crippen LogP contribution < -0.4 is 5.32 Å². The number of halogens is 1. The van der Waals surface area contributed by atoms with Gasteiger partial charge < -0.3 is 9.88 Å². The Labute approximate surface area is 182 Å². The first-order valence-electron chi connectivity index (χ1n) is 10.7. The molecule has 4 aromatic rings. The first-order chi connectivity index (χ1) is 15.1. The fraction of sp³-hybridized carbons (Fsp3) is 0.222. The predicted octanol–water partition coefficient (Wildman–Crippen LogP) is 6.20. The van der Waals surface area contributed by atoms with Crippen LogP contribution in [0.1, 0.15) is 48.9 Å². The normalized spacial score (nSPS) is 13.1. The predicted molar refractivity (Wildman–Crippen MR) is 123 cm³/mol. The molecule has 0 aliphatic rings. The van der Waals surface area contributed by atoms with Gasteiger partial charge in [0.05, 0.1) is 6.04 Å². The van der Waals surface area contributed by atoms with Gasteiger partial charge >= 0.3 is 0 Å². The summed E-state index contributed by atoms with van der Waals surface area (Å²) < 4.78 is 15.8. The minimum atomic E-state index is -0.277. The Bertz CT molecular complexity index is 1170. The number of aromatic nitrogens is 1. The summed E-state index contributed by atoms with van der Waals surface area (Å²) in [4.78, 5) is 13.1. The Morgan fingerprint density at radius 1 is 0.935 bits per heavy atom. The molecule has 1 N–H and O–H groups in total. The van der Waals surface area contributed by atoms with E-state index in [1.165, 1.54) is 12.1 Å². The second kappa shape index (κ2) is 9.17. The van der Waals surface area contributed by atoms with Crippen molar-refractivity contribution in [2.45, 2.75) is 38.8 Å². The number of hydrogen-bond donors (Lipinski definition) is 1. The number of para-hydroxylation sites is 1. The van der Waals surface area contributed by atoms with Gasteiger partial charge in [-0.3, -0.25) is 4.79 Å². The summed E-state index contributed by atoms with van der Waals surface area (Å²) in [6.07, 6.45) is 2.42. The lowest BCUT2D eigenvalue weighted by Crippen LogP contribution is -2.28. The highest BCUT2D eigenvalue weighted by molar-refractivity contribution is 5.86. The molecule has 1 amide bonds. The van der Waals surface area contributed by atoms with Gasteiger partial charge in [0.15, 0.2) is 0 Å². The molecule has 3 aromatic carbocycles. The zero-order chi connectivity index (χ0) is 21.8. The monoisotopic (exact) mass is 414 g/mol. The molecule has 0 spiro atoms. The first kappa shape index (κ1) is 20.9. The number of nitrogens with zero attached hydrogens (tertiary/aromatic N) is 1. The minimum absolute atomic E-state index is 0.0287. The van der Waals surface area contributed by atoms with E-state index in [2.05, 4.69) is 35.1 Å². The third kappa shape index (κ3) is 4.53. The molecule has 31 heavy (non-hydrogen) atoms. The molecular formula is C27H27FN2O. The van der Waals surface area contributed by atoms with Crippen LogP contribution >= 0.6 is 0 Å². The molecule has 0 bridgehead atoms. The van der Waals surface area contributed by atoms with Crippen molar-refractivity contribution >= 4 is 16.8 Å². The summed E-state index contributed by atoms with van der Waals surface area (Å²) in [5, 5.41) is 4.25. The number of carbonyl (C=O) groups excluding carboxylic acids is 1. The maximum atomic E-state index is 13.6. The zero-order valence-corrected chi connectivity index (χ0v) is 17.9. The molecular weight excluding hydrogens is 387 g/mol. The van der Waals surface area contributed by atoms with E-state index in [0.29, 0.717) is 6.42 Å². The molecule has 158 valence electrons. The van der Waals surface area contributed by atoms with Crippen molar-refractivity contribution in [2.75, 3.05) is 0 Å². The van der Waals surface area contributed by atoms with Crippen LogP contribution in [0.15, 0.2) is 85.1 Å². The van der Waals surface area contributed by atoms with E-state index in [1.807, 2.05) is 49.4 Å². The van der Waals surface area contributed by atoms with Gasteiger partial charge in [-0.1, -0.05) is 60.7 Å². The maximum absolute atomic E-state index is 13.6. The van der Waals surface area contributed by atoms with E-state index in [0.717, 1.165) is 34.1 Å². The van der Waals surface area contributed by atoms with Gasteiger partial charge in [0, 0.05) is 36.0 Å². The van der Waals surface area contributed by atoms with Crippen LogP contribution in [0.3, 0.4) is 0 Å². The van der Waals surface area contributed by atoms with Gasteiger partial charge in [-0.2, -0.15) is 0 Å². The fourth-order valence-electron chi connectivity index (χ4n) is 4.23. The lowest BCUT2D eigenvalue weighted by Gasteiger charge is -2.20. The second-order valence-electron chi connectivity index (χ2n) is 7.90. The molecule has 0 radical (unpaired) electrons. The topological polar surface area (TPSA) is 34.0 Å². The van der Waals surface area contributed by atoms with Gasteiger partial charge in [0.25, 0.3) is 0 Å². The molecule has 0 saturated heterocycles. The molecule has 4 rings (SSSR count). The Kier molecular flexibility index (Phi) is 6.17. The number of benzene rings is 3. The number of rotatable bonds is 7. The highest BCUT2D eigenvalue weighted by atomic mass is 19.1.